The Balaban J connectivity index is 2.11. The number of carbonyl (C=O) groups is 2. The van der Waals surface area contributed by atoms with Crippen LogP contribution in [0.2, 0.25) is 0 Å². The van der Waals surface area contributed by atoms with E-state index >= 15 is 0 Å². The summed E-state index contributed by atoms with van der Waals surface area (Å²) in [4.78, 5) is 32.7. The lowest BCUT2D eigenvalue weighted by molar-refractivity contribution is -0.144. The molecule has 0 aliphatic carbocycles. The summed E-state index contributed by atoms with van der Waals surface area (Å²) >= 11 is 0. The summed E-state index contributed by atoms with van der Waals surface area (Å²) in [6, 6.07) is 1.70. The van der Waals surface area contributed by atoms with Crippen molar-refractivity contribution in [2.75, 3.05) is 32.2 Å². The highest BCUT2D eigenvalue weighted by Crippen LogP contribution is 2.22. The predicted octanol–water partition coefficient (Wildman–Crippen LogP) is 0.262. The van der Waals surface area contributed by atoms with E-state index in [1.807, 2.05) is 4.90 Å². The zero-order valence-corrected chi connectivity index (χ0v) is 10.8. The van der Waals surface area contributed by atoms with E-state index in [4.69, 9.17) is 4.74 Å². The number of hydrogen-bond donors (Lipinski definition) is 0. The molecule has 1 atom stereocenters. The number of esters is 2. The van der Waals surface area contributed by atoms with Gasteiger partial charge in [-0.2, -0.15) is 0 Å². The van der Waals surface area contributed by atoms with E-state index in [9.17, 15) is 9.59 Å². The number of nitrogens with zero attached hydrogens (tertiary/aromatic N) is 3. The molecule has 0 radical (unpaired) electrons. The highest BCUT2D eigenvalue weighted by atomic mass is 16.5. The molecule has 19 heavy (non-hydrogen) atoms. The van der Waals surface area contributed by atoms with Crippen LogP contribution in [0.4, 0.5) is 5.82 Å². The second-order valence-electron chi connectivity index (χ2n) is 4.18. The fourth-order valence-electron chi connectivity index (χ4n) is 2.04. The van der Waals surface area contributed by atoms with Crippen LogP contribution >= 0.6 is 0 Å². The van der Waals surface area contributed by atoms with Crippen molar-refractivity contribution in [2.24, 2.45) is 5.92 Å². The van der Waals surface area contributed by atoms with Crippen molar-refractivity contribution in [1.82, 2.24) is 9.97 Å². The molecule has 1 aliphatic heterocycles. The third-order valence-electron chi connectivity index (χ3n) is 3.06. The Morgan fingerprint density at radius 1 is 1.37 bits per heavy atom. The molecule has 1 aliphatic rings. The van der Waals surface area contributed by atoms with Crippen LogP contribution < -0.4 is 4.90 Å². The molecule has 2 heterocycles. The summed E-state index contributed by atoms with van der Waals surface area (Å²) in [5.41, 5.74) is 0. The van der Waals surface area contributed by atoms with Gasteiger partial charge in [-0.3, -0.25) is 4.79 Å². The van der Waals surface area contributed by atoms with Gasteiger partial charge in [-0.15, -0.1) is 0 Å². The van der Waals surface area contributed by atoms with Gasteiger partial charge in [0.05, 0.1) is 20.1 Å². The van der Waals surface area contributed by atoms with Crippen molar-refractivity contribution < 1.29 is 19.1 Å². The van der Waals surface area contributed by atoms with Crippen molar-refractivity contribution in [3.63, 3.8) is 0 Å². The van der Waals surface area contributed by atoms with Gasteiger partial charge in [-0.05, 0) is 12.5 Å². The predicted molar refractivity (Wildman–Crippen MR) is 65.7 cm³/mol. The summed E-state index contributed by atoms with van der Waals surface area (Å²) in [5, 5.41) is 0. The molecule has 0 amide bonds. The van der Waals surface area contributed by atoms with Crippen molar-refractivity contribution in [1.29, 1.82) is 0 Å². The largest absolute Gasteiger partial charge is 0.469 e. The van der Waals surface area contributed by atoms with Gasteiger partial charge < -0.3 is 14.4 Å². The van der Waals surface area contributed by atoms with Crippen LogP contribution in [0.3, 0.4) is 0 Å². The van der Waals surface area contributed by atoms with Crippen LogP contribution in [0, 0.1) is 5.92 Å². The van der Waals surface area contributed by atoms with Gasteiger partial charge in [-0.25, -0.2) is 14.8 Å². The van der Waals surface area contributed by atoms with Crippen LogP contribution in [0.15, 0.2) is 12.3 Å². The summed E-state index contributed by atoms with van der Waals surface area (Å²) in [6.07, 6.45) is 2.21. The zero-order chi connectivity index (χ0) is 13.8. The van der Waals surface area contributed by atoms with Crippen LogP contribution in [0.25, 0.3) is 0 Å². The van der Waals surface area contributed by atoms with E-state index in [-0.39, 0.29) is 17.7 Å². The molecule has 1 aromatic rings. The van der Waals surface area contributed by atoms with Crippen LogP contribution in [-0.4, -0.2) is 49.2 Å². The fourth-order valence-corrected chi connectivity index (χ4v) is 2.04. The molecule has 0 aromatic carbocycles. The van der Waals surface area contributed by atoms with Gasteiger partial charge in [-0.1, -0.05) is 0 Å². The van der Waals surface area contributed by atoms with Crippen molar-refractivity contribution in [3.8, 4) is 0 Å². The second-order valence-corrected chi connectivity index (χ2v) is 4.18. The fraction of sp³-hybridized carbons (Fsp3) is 0.500. The SMILES string of the molecule is COC(=O)c1nccc(N2CCC(C(=O)OC)C2)n1. The maximum atomic E-state index is 11.5. The maximum Gasteiger partial charge on any atom is 0.376 e. The lowest BCUT2D eigenvalue weighted by Crippen LogP contribution is -2.25. The molecule has 1 saturated heterocycles. The first-order valence-corrected chi connectivity index (χ1v) is 5.90. The average Bonchev–Trinajstić information content (AvgIpc) is 2.95. The topological polar surface area (TPSA) is 81.6 Å². The number of hydrogen-bond acceptors (Lipinski definition) is 7. The Labute approximate surface area is 110 Å². The Morgan fingerprint density at radius 3 is 2.84 bits per heavy atom. The standard InChI is InChI=1S/C12H15N3O4/c1-18-11(16)8-4-6-15(7-8)9-3-5-13-10(14-9)12(17)19-2/h3,5,8H,4,6-7H2,1-2H3. The molecular formula is C12H15N3O4. The Kier molecular flexibility index (Phi) is 3.94. The van der Waals surface area contributed by atoms with Crippen LogP contribution in [0.1, 0.15) is 17.0 Å². The van der Waals surface area contributed by atoms with Gasteiger partial charge in [0, 0.05) is 19.3 Å². The van der Waals surface area contributed by atoms with E-state index in [1.54, 1.807) is 6.07 Å². The lowest BCUT2D eigenvalue weighted by Gasteiger charge is -2.16. The Hall–Kier alpha value is -2.18. The molecule has 0 spiro atoms. The van der Waals surface area contributed by atoms with Crippen LogP contribution in [0.5, 0.6) is 0 Å². The molecule has 1 unspecified atom stereocenters. The smallest absolute Gasteiger partial charge is 0.376 e. The molecule has 0 saturated carbocycles. The third-order valence-corrected chi connectivity index (χ3v) is 3.06. The van der Waals surface area contributed by atoms with Gasteiger partial charge in [0.15, 0.2) is 0 Å². The normalized spacial score (nSPS) is 18.2. The minimum absolute atomic E-state index is 0.0153. The number of anilines is 1. The number of methoxy groups -OCH3 is 2. The first-order chi connectivity index (χ1) is 9.15. The summed E-state index contributed by atoms with van der Waals surface area (Å²) in [6.45, 7) is 1.22. The summed E-state index contributed by atoms with van der Waals surface area (Å²) in [5.74, 6) is -0.319. The first kappa shape index (κ1) is 13.3. The summed E-state index contributed by atoms with van der Waals surface area (Å²) in [7, 11) is 2.66. The highest BCUT2D eigenvalue weighted by molar-refractivity contribution is 5.85. The number of carbonyl (C=O) groups excluding carboxylic acids is 2. The van der Waals surface area contributed by atoms with Gasteiger partial charge in [0.1, 0.15) is 5.82 Å². The molecule has 1 aromatic heterocycles. The number of rotatable bonds is 3. The van der Waals surface area contributed by atoms with Crippen molar-refractivity contribution >= 4 is 17.8 Å². The first-order valence-electron chi connectivity index (χ1n) is 5.90. The van der Waals surface area contributed by atoms with Crippen LogP contribution in [-0.2, 0) is 14.3 Å². The van der Waals surface area contributed by atoms with E-state index in [0.717, 1.165) is 0 Å². The Morgan fingerprint density at radius 2 is 2.16 bits per heavy atom. The molecule has 7 heteroatoms. The lowest BCUT2D eigenvalue weighted by atomic mass is 10.1. The Bertz CT molecular complexity index is 492. The molecule has 7 nitrogen and oxygen atoms in total. The average molecular weight is 265 g/mol. The molecular weight excluding hydrogens is 250 g/mol. The maximum absolute atomic E-state index is 11.5. The third kappa shape index (κ3) is 2.81. The zero-order valence-electron chi connectivity index (χ0n) is 10.8. The molecule has 102 valence electrons. The number of ether oxygens (including phenoxy) is 2. The van der Waals surface area contributed by atoms with Gasteiger partial charge >= 0.3 is 11.9 Å². The molecule has 0 N–H and O–H groups in total. The molecule has 0 bridgehead atoms. The second kappa shape index (κ2) is 5.64. The van der Waals surface area contributed by atoms with Crippen molar-refractivity contribution in [2.45, 2.75) is 6.42 Å². The molecule has 2 rings (SSSR count). The quantitative estimate of drug-likeness (QED) is 0.725. The monoisotopic (exact) mass is 265 g/mol. The van der Waals surface area contributed by atoms with Gasteiger partial charge in [0.2, 0.25) is 5.82 Å². The highest BCUT2D eigenvalue weighted by Gasteiger charge is 2.30. The minimum atomic E-state index is -0.578. The van der Waals surface area contributed by atoms with Crippen molar-refractivity contribution in [3.05, 3.63) is 18.1 Å². The van der Waals surface area contributed by atoms with E-state index in [1.165, 1.54) is 20.4 Å². The number of aromatic nitrogens is 2. The van der Waals surface area contributed by atoms with E-state index in [2.05, 4.69) is 14.7 Å². The molecule has 1 fully saturated rings. The van der Waals surface area contributed by atoms with Gasteiger partial charge in [0.25, 0.3) is 0 Å². The summed E-state index contributed by atoms with van der Waals surface area (Å²) < 4.78 is 9.30. The minimum Gasteiger partial charge on any atom is -0.469 e. The van der Waals surface area contributed by atoms with E-state index < -0.39 is 5.97 Å². The van der Waals surface area contributed by atoms with E-state index in [0.29, 0.717) is 25.3 Å².